The summed E-state index contributed by atoms with van der Waals surface area (Å²) < 4.78 is 12.1. The van der Waals surface area contributed by atoms with Gasteiger partial charge in [0.05, 0.1) is 0 Å². The molecule has 1 unspecified atom stereocenters. The van der Waals surface area contributed by atoms with Crippen LogP contribution < -0.4 is 15.2 Å². The van der Waals surface area contributed by atoms with Gasteiger partial charge >= 0.3 is 0 Å². The Morgan fingerprint density at radius 2 is 1.31 bits per heavy atom. The Kier molecular flexibility index (Phi) is 5.92. The van der Waals surface area contributed by atoms with Gasteiger partial charge in [0, 0.05) is 6.04 Å². The summed E-state index contributed by atoms with van der Waals surface area (Å²) in [5, 5.41) is 0. The molecular formula is C23H25NO2. The molecule has 3 heteroatoms. The van der Waals surface area contributed by atoms with Gasteiger partial charge in [0.1, 0.15) is 11.5 Å². The molecule has 0 aliphatic heterocycles. The average molecular weight is 347 g/mol. The highest BCUT2D eigenvalue weighted by Crippen LogP contribution is 2.37. The third-order valence-corrected chi connectivity index (χ3v) is 4.55. The predicted octanol–water partition coefficient (Wildman–Crippen LogP) is 6.32. The van der Waals surface area contributed by atoms with Crippen LogP contribution in [-0.4, -0.2) is 0 Å². The quantitative estimate of drug-likeness (QED) is 0.544. The first-order valence-corrected chi connectivity index (χ1v) is 9.02. The molecule has 0 bridgehead atoms. The van der Waals surface area contributed by atoms with Crippen molar-refractivity contribution >= 4 is 0 Å². The van der Waals surface area contributed by atoms with Crippen molar-refractivity contribution in [3.05, 3.63) is 84.4 Å². The topological polar surface area (TPSA) is 44.5 Å². The Labute approximate surface area is 155 Å². The fourth-order valence-corrected chi connectivity index (χ4v) is 2.71. The molecule has 134 valence electrons. The minimum atomic E-state index is -0.0381. The zero-order valence-electron chi connectivity index (χ0n) is 15.3. The first-order valence-electron chi connectivity index (χ1n) is 9.02. The number of para-hydroxylation sites is 2. The highest BCUT2D eigenvalue weighted by atomic mass is 16.5. The molecule has 0 radical (unpaired) electrons. The van der Waals surface area contributed by atoms with E-state index in [1.54, 1.807) is 0 Å². The van der Waals surface area contributed by atoms with Crippen LogP contribution >= 0.6 is 0 Å². The van der Waals surface area contributed by atoms with E-state index in [0.29, 0.717) is 17.4 Å². The molecule has 0 spiro atoms. The standard InChI is InChI=1S/C23H25NO2/c1-3-17(2)23(24)18-14-15-21(25-19-10-6-4-7-11-19)22(16-18)26-20-12-8-5-9-13-20/h4-17,23H,3,24H2,1-2H3/t17?,23-/m0/s1. The van der Waals surface area contributed by atoms with Gasteiger partial charge in [0.2, 0.25) is 0 Å². The molecular weight excluding hydrogens is 322 g/mol. The largest absolute Gasteiger partial charge is 0.453 e. The molecule has 3 rings (SSSR count). The van der Waals surface area contributed by atoms with Gasteiger partial charge in [-0.25, -0.2) is 0 Å². The average Bonchev–Trinajstić information content (AvgIpc) is 2.69. The summed E-state index contributed by atoms with van der Waals surface area (Å²) in [5.74, 6) is 3.25. The second-order valence-corrected chi connectivity index (χ2v) is 6.45. The summed E-state index contributed by atoms with van der Waals surface area (Å²) in [4.78, 5) is 0. The van der Waals surface area contributed by atoms with E-state index in [1.165, 1.54) is 0 Å². The molecule has 2 N–H and O–H groups in total. The maximum Gasteiger partial charge on any atom is 0.170 e. The number of hydrogen-bond donors (Lipinski definition) is 1. The van der Waals surface area contributed by atoms with E-state index >= 15 is 0 Å². The van der Waals surface area contributed by atoms with Gasteiger partial charge in [-0.2, -0.15) is 0 Å². The molecule has 0 saturated heterocycles. The molecule has 0 heterocycles. The predicted molar refractivity (Wildman–Crippen MR) is 106 cm³/mol. The van der Waals surface area contributed by atoms with E-state index in [2.05, 4.69) is 13.8 Å². The Hall–Kier alpha value is -2.78. The molecule has 0 amide bonds. The van der Waals surface area contributed by atoms with Gasteiger partial charge in [-0.15, -0.1) is 0 Å². The van der Waals surface area contributed by atoms with Gasteiger partial charge in [0.15, 0.2) is 11.5 Å². The fourth-order valence-electron chi connectivity index (χ4n) is 2.71. The maximum atomic E-state index is 6.42. The zero-order chi connectivity index (χ0) is 18.4. The van der Waals surface area contributed by atoms with E-state index in [0.717, 1.165) is 23.5 Å². The normalized spacial score (nSPS) is 13.0. The van der Waals surface area contributed by atoms with Gasteiger partial charge < -0.3 is 15.2 Å². The van der Waals surface area contributed by atoms with Crippen LogP contribution in [0.1, 0.15) is 31.9 Å². The molecule has 0 fully saturated rings. The lowest BCUT2D eigenvalue weighted by Gasteiger charge is -2.21. The second kappa shape index (κ2) is 8.54. The highest BCUT2D eigenvalue weighted by Gasteiger charge is 2.17. The number of hydrogen-bond acceptors (Lipinski definition) is 3. The van der Waals surface area contributed by atoms with Crippen molar-refractivity contribution in [1.82, 2.24) is 0 Å². The van der Waals surface area contributed by atoms with Gasteiger partial charge in [-0.1, -0.05) is 62.7 Å². The lowest BCUT2D eigenvalue weighted by Crippen LogP contribution is -2.18. The summed E-state index contributed by atoms with van der Waals surface area (Å²) in [5.41, 5.74) is 7.46. The van der Waals surface area contributed by atoms with E-state index in [9.17, 15) is 0 Å². The van der Waals surface area contributed by atoms with E-state index in [1.807, 2.05) is 78.9 Å². The Morgan fingerprint density at radius 1 is 0.769 bits per heavy atom. The third kappa shape index (κ3) is 4.44. The van der Waals surface area contributed by atoms with Crippen molar-refractivity contribution in [1.29, 1.82) is 0 Å². The van der Waals surface area contributed by atoms with Crippen molar-refractivity contribution in [3.8, 4) is 23.0 Å². The number of ether oxygens (including phenoxy) is 2. The SMILES string of the molecule is CCC(C)[C@H](N)c1ccc(Oc2ccccc2)c(Oc2ccccc2)c1. The molecule has 0 aliphatic carbocycles. The van der Waals surface area contributed by atoms with Crippen LogP contribution in [0.2, 0.25) is 0 Å². The minimum Gasteiger partial charge on any atom is -0.453 e. The fraction of sp³-hybridized carbons (Fsp3) is 0.217. The van der Waals surface area contributed by atoms with Gasteiger partial charge in [-0.3, -0.25) is 0 Å². The van der Waals surface area contributed by atoms with Crippen LogP contribution in [0.25, 0.3) is 0 Å². The van der Waals surface area contributed by atoms with Crippen molar-refractivity contribution in [2.75, 3.05) is 0 Å². The minimum absolute atomic E-state index is 0.0381. The van der Waals surface area contributed by atoms with Gasteiger partial charge in [-0.05, 0) is 47.9 Å². The summed E-state index contributed by atoms with van der Waals surface area (Å²) >= 11 is 0. The van der Waals surface area contributed by atoms with Crippen LogP contribution in [0.4, 0.5) is 0 Å². The maximum absolute atomic E-state index is 6.42. The Balaban J connectivity index is 1.94. The lowest BCUT2D eigenvalue weighted by atomic mass is 9.93. The molecule has 0 aromatic heterocycles. The molecule has 3 nitrogen and oxygen atoms in total. The Morgan fingerprint density at radius 3 is 1.85 bits per heavy atom. The third-order valence-electron chi connectivity index (χ3n) is 4.55. The number of nitrogens with two attached hydrogens (primary N) is 1. The molecule has 2 atom stereocenters. The molecule has 26 heavy (non-hydrogen) atoms. The van der Waals surface area contributed by atoms with Crippen LogP contribution in [0.3, 0.4) is 0 Å². The lowest BCUT2D eigenvalue weighted by molar-refractivity contribution is 0.413. The Bertz CT molecular complexity index is 818. The molecule has 0 saturated carbocycles. The first kappa shape index (κ1) is 18.0. The smallest absolute Gasteiger partial charge is 0.170 e. The zero-order valence-corrected chi connectivity index (χ0v) is 15.3. The summed E-state index contributed by atoms with van der Waals surface area (Å²) in [7, 11) is 0. The number of rotatable bonds is 7. The van der Waals surface area contributed by atoms with Crippen LogP contribution in [0.15, 0.2) is 78.9 Å². The van der Waals surface area contributed by atoms with Crippen molar-refractivity contribution in [2.45, 2.75) is 26.3 Å². The summed E-state index contributed by atoms with van der Waals surface area (Å²) in [6, 6.07) is 25.3. The molecule has 3 aromatic carbocycles. The monoisotopic (exact) mass is 347 g/mol. The van der Waals surface area contributed by atoms with Crippen LogP contribution in [-0.2, 0) is 0 Å². The van der Waals surface area contributed by atoms with Crippen molar-refractivity contribution in [3.63, 3.8) is 0 Å². The molecule has 3 aromatic rings. The van der Waals surface area contributed by atoms with Crippen molar-refractivity contribution < 1.29 is 9.47 Å². The van der Waals surface area contributed by atoms with E-state index < -0.39 is 0 Å². The summed E-state index contributed by atoms with van der Waals surface area (Å²) in [6.07, 6.45) is 1.03. The van der Waals surface area contributed by atoms with Gasteiger partial charge in [0.25, 0.3) is 0 Å². The first-order chi connectivity index (χ1) is 12.7. The van der Waals surface area contributed by atoms with Crippen molar-refractivity contribution in [2.24, 2.45) is 11.7 Å². The van der Waals surface area contributed by atoms with E-state index in [4.69, 9.17) is 15.2 Å². The van der Waals surface area contributed by atoms with E-state index in [-0.39, 0.29) is 6.04 Å². The molecule has 0 aliphatic rings. The van der Waals surface area contributed by atoms with Crippen LogP contribution in [0, 0.1) is 5.92 Å². The highest BCUT2D eigenvalue weighted by molar-refractivity contribution is 5.48. The van der Waals surface area contributed by atoms with Crippen LogP contribution in [0.5, 0.6) is 23.0 Å². The second-order valence-electron chi connectivity index (χ2n) is 6.45. The summed E-state index contributed by atoms with van der Waals surface area (Å²) in [6.45, 7) is 4.32. The number of benzene rings is 3.